The van der Waals surface area contributed by atoms with E-state index in [-0.39, 0.29) is 41.6 Å². The van der Waals surface area contributed by atoms with Crippen LogP contribution in [0.2, 0.25) is 0 Å². The summed E-state index contributed by atoms with van der Waals surface area (Å²) in [6.45, 7) is -0.211. The summed E-state index contributed by atoms with van der Waals surface area (Å²) in [5.41, 5.74) is -7.93. The molecule has 0 aromatic heterocycles. The van der Waals surface area contributed by atoms with Gasteiger partial charge in [-0.15, -0.1) is 0 Å². The highest BCUT2D eigenvalue weighted by Gasteiger charge is 2.74. The van der Waals surface area contributed by atoms with Crippen molar-refractivity contribution < 1.29 is 48.3 Å². The maximum Gasteiger partial charge on any atom is 0.435 e. The molecule has 0 unspecified atom stereocenters. The maximum atomic E-state index is 14.8. The number of hydrogen-bond donors (Lipinski definition) is 0. The predicted molar refractivity (Wildman–Crippen MR) is 112 cm³/mol. The van der Waals surface area contributed by atoms with E-state index in [0.717, 1.165) is 30.3 Å². The van der Waals surface area contributed by atoms with Crippen LogP contribution in [0.4, 0.5) is 40.8 Å². The van der Waals surface area contributed by atoms with Crippen molar-refractivity contribution in [2.24, 2.45) is 11.8 Å². The number of carbonyl (C=O) groups is 1. The van der Waals surface area contributed by atoms with Crippen LogP contribution in [0.3, 0.4) is 0 Å². The van der Waals surface area contributed by atoms with Crippen LogP contribution in [0.25, 0.3) is 0 Å². The van der Waals surface area contributed by atoms with E-state index >= 15 is 0 Å². The van der Waals surface area contributed by atoms with Crippen molar-refractivity contribution in [3.8, 4) is 0 Å². The van der Waals surface area contributed by atoms with Gasteiger partial charge in [0.15, 0.2) is 9.84 Å². The standard InChI is InChI=1S/C23H19F8NO3S/c1-32-11-18-13(12-33)8-9-20(18,36(34,35)16-5-3-15(24)4-6-16)17-7-2-14(10-19(17)32)21(25,22(26,27)28)23(29,30)31/h2-7,10,12-13,18H,8-9,11H2,1H3/t13-,18-,20+/m0/s1. The molecule has 36 heavy (non-hydrogen) atoms. The Morgan fingerprint density at radius 1 is 0.972 bits per heavy atom. The van der Waals surface area contributed by atoms with E-state index in [9.17, 15) is 48.3 Å². The van der Waals surface area contributed by atoms with Gasteiger partial charge in [-0.3, -0.25) is 0 Å². The number of nitrogens with zero attached hydrogens (tertiary/aromatic N) is 1. The average Bonchev–Trinajstić information content (AvgIpc) is 3.17. The molecule has 0 radical (unpaired) electrons. The maximum absolute atomic E-state index is 14.8. The molecule has 4 rings (SSSR count). The number of fused-ring (bicyclic) bond motifs is 3. The van der Waals surface area contributed by atoms with Crippen molar-refractivity contribution in [2.45, 2.75) is 40.5 Å². The Hall–Kier alpha value is -2.70. The largest absolute Gasteiger partial charge is 0.435 e. The summed E-state index contributed by atoms with van der Waals surface area (Å²) in [5.74, 6) is -2.41. The number of carbonyl (C=O) groups excluding carboxylic acids is 1. The second-order valence-electron chi connectivity index (χ2n) is 9.06. The first-order chi connectivity index (χ1) is 16.5. The molecule has 196 valence electrons. The van der Waals surface area contributed by atoms with Crippen LogP contribution in [0.5, 0.6) is 0 Å². The lowest BCUT2D eigenvalue weighted by Gasteiger charge is -2.46. The number of alkyl halides is 7. The number of halogens is 8. The lowest BCUT2D eigenvalue weighted by atomic mass is 9.78. The fourth-order valence-corrected chi connectivity index (χ4v) is 7.91. The lowest BCUT2D eigenvalue weighted by Crippen LogP contribution is -2.52. The first kappa shape index (κ1) is 26.4. The van der Waals surface area contributed by atoms with E-state index < -0.39 is 55.8 Å². The molecule has 1 heterocycles. The number of sulfone groups is 1. The van der Waals surface area contributed by atoms with Gasteiger partial charge < -0.3 is 9.69 Å². The quantitative estimate of drug-likeness (QED) is 0.293. The molecule has 0 bridgehead atoms. The zero-order chi connectivity index (χ0) is 26.9. The number of aldehydes is 1. The van der Waals surface area contributed by atoms with Gasteiger partial charge in [-0.05, 0) is 48.7 Å². The van der Waals surface area contributed by atoms with E-state index in [4.69, 9.17) is 0 Å². The zero-order valence-corrected chi connectivity index (χ0v) is 19.3. The predicted octanol–water partition coefficient (Wildman–Crippen LogP) is 5.46. The SMILES string of the molecule is CN1C[C@H]2[C@H](C=O)CC[C@@]2(S(=O)(=O)c2ccc(F)cc2)c2ccc(C(F)(C(F)(F)F)C(F)(F)F)cc21. The molecular weight excluding hydrogens is 522 g/mol. The monoisotopic (exact) mass is 541 g/mol. The third-order valence-corrected chi connectivity index (χ3v) is 9.84. The van der Waals surface area contributed by atoms with Crippen LogP contribution in [0.1, 0.15) is 24.0 Å². The Morgan fingerprint density at radius 3 is 2.08 bits per heavy atom. The number of benzene rings is 2. The summed E-state index contributed by atoms with van der Waals surface area (Å²) >= 11 is 0. The Balaban J connectivity index is 2.00. The van der Waals surface area contributed by atoms with Gasteiger partial charge >= 0.3 is 18.0 Å². The molecule has 2 aliphatic rings. The van der Waals surface area contributed by atoms with Crippen molar-refractivity contribution >= 4 is 21.8 Å². The van der Waals surface area contributed by atoms with Crippen LogP contribution in [-0.4, -0.2) is 40.6 Å². The van der Waals surface area contributed by atoms with Gasteiger partial charge in [0.25, 0.3) is 0 Å². The zero-order valence-electron chi connectivity index (χ0n) is 18.5. The van der Waals surface area contributed by atoms with Crippen molar-refractivity contribution in [2.75, 3.05) is 18.5 Å². The van der Waals surface area contributed by atoms with E-state index in [2.05, 4.69) is 0 Å². The highest BCUT2D eigenvalue weighted by Crippen LogP contribution is 2.60. The molecular formula is C23H19F8NO3S. The molecule has 1 saturated carbocycles. The molecule has 0 saturated heterocycles. The summed E-state index contributed by atoms with van der Waals surface area (Å²) in [7, 11) is -3.15. The van der Waals surface area contributed by atoms with Gasteiger partial charge in [-0.2, -0.15) is 26.3 Å². The van der Waals surface area contributed by atoms with E-state index in [1.54, 1.807) is 0 Å². The number of rotatable bonds is 4. The first-order valence-electron chi connectivity index (χ1n) is 10.7. The van der Waals surface area contributed by atoms with E-state index in [1.807, 2.05) is 0 Å². The second-order valence-corrected chi connectivity index (χ2v) is 11.3. The molecule has 13 heteroatoms. The molecule has 0 spiro atoms. The molecule has 1 aliphatic carbocycles. The third-order valence-electron chi connectivity index (χ3n) is 7.26. The lowest BCUT2D eigenvalue weighted by molar-refractivity contribution is -0.348. The van der Waals surface area contributed by atoms with Gasteiger partial charge in [0.1, 0.15) is 16.9 Å². The van der Waals surface area contributed by atoms with Crippen molar-refractivity contribution in [1.82, 2.24) is 0 Å². The summed E-state index contributed by atoms with van der Waals surface area (Å²) in [5, 5.41) is 0. The van der Waals surface area contributed by atoms with Crippen LogP contribution in [0.15, 0.2) is 47.4 Å². The first-order valence-corrected chi connectivity index (χ1v) is 12.1. The number of hydrogen-bond acceptors (Lipinski definition) is 4. The minimum Gasteiger partial charge on any atom is -0.374 e. The Kier molecular flexibility index (Phi) is 5.97. The van der Waals surface area contributed by atoms with Gasteiger partial charge in [0.05, 0.1) is 4.90 Å². The average molecular weight is 541 g/mol. The molecule has 0 amide bonds. The molecule has 2 aromatic rings. The van der Waals surface area contributed by atoms with Crippen LogP contribution in [-0.2, 0) is 25.0 Å². The number of anilines is 1. The Labute approximate surface area is 200 Å². The van der Waals surface area contributed by atoms with Gasteiger partial charge in [0, 0.05) is 36.7 Å². The molecule has 2 aromatic carbocycles. The van der Waals surface area contributed by atoms with Crippen LogP contribution < -0.4 is 4.90 Å². The summed E-state index contributed by atoms with van der Waals surface area (Å²) in [4.78, 5) is 12.7. The topological polar surface area (TPSA) is 54.5 Å². The van der Waals surface area contributed by atoms with E-state index in [1.165, 1.54) is 11.9 Å². The van der Waals surface area contributed by atoms with E-state index in [0.29, 0.717) is 12.4 Å². The molecule has 1 aliphatic heterocycles. The summed E-state index contributed by atoms with van der Waals surface area (Å²) in [6.07, 6.45) is -12.2. The smallest absolute Gasteiger partial charge is 0.374 e. The van der Waals surface area contributed by atoms with Crippen molar-refractivity contribution in [1.29, 1.82) is 0 Å². The third kappa shape index (κ3) is 3.45. The van der Waals surface area contributed by atoms with Crippen molar-refractivity contribution in [3.05, 3.63) is 59.4 Å². The van der Waals surface area contributed by atoms with Crippen LogP contribution >= 0.6 is 0 Å². The summed E-state index contributed by atoms with van der Waals surface area (Å²) < 4.78 is 134. The van der Waals surface area contributed by atoms with Crippen LogP contribution in [0, 0.1) is 17.7 Å². The second kappa shape index (κ2) is 8.15. The van der Waals surface area contributed by atoms with Crippen molar-refractivity contribution in [3.63, 3.8) is 0 Å². The minimum absolute atomic E-state index is 0.0851. The van der Waals surface area contributed by atoms with Gasteiger partial charge in [-0.25, -0.2) is 17.2 Å². The fraction of sp³-hybridized carbons (Fsp3) is 0.435. The Bertz CT molecular complexity index is 1280. The van der Waals surface area contributed by atoms with Gasteiger partial charge in [0.2, 0.25) is 0 Å². The molecule has 3 atom stereocenters. The molecule has 1 fully saturated rings. The van der Waals surface area contributed by atoms with Gasteiger partial charge in [-0.1, -0.05) is 12.1 Å². The highest BCUT2D eigenvalue weighted by atomic mass is 32.2. The minimum atomic E-state index is -6.34. The highest BCUT2D eigenvalue weighted by molar-refractivity contribution is 7.92. The normalized spacial score (nSPS) is 24.9. The molecule has 0 N–H and O–H groups in total. The molecule has 4 nitrogen and oxygen atoms in total. The Morgan fingerprint density at radius 2 is 1.56 bits per heavy atom. The fourth-order valence-electron chi connectivity index (χ4n) is 5.50. The summed E-state index contributed by atoms with van der Waals surface area (Å²) in [6, 6.07) is 5.19.